The molecular formula is C16H11Cl2N3O4S. The fourth-order valence-corrected chi connectivity index (χ4v) is 3.18. The third kappa shape index (κ3) is 4.87. The third-order valence-electron chi connectivity index (χ3n) is 3.18. The molecule has 0 aliphatic heterocycles. The van der Waals surface area contributed by atoms with Crippen molar-refractivity contribution in [2.75, 3.05) is 0 Å². The number of thioether (sulfide) groups is 1. The van der Waals surface area contributed by atoms with Crippen molar-refractivity contribution in [3.05, 3.63) is 74.1 Å². The Morgan fingerprint density at radius 1 is 1.19 bits per heavy atom. The van der Waals surface area contributed by atoms with E-state index < -0.39 is 4.92 Å². The van der Waals surface area contributed by atoms with Crippen molar-refractivity contribution < 1.29 is 14.1 Å². The first-order valence-corrected chi connectivity index (χ1v) is 9.02. The molecule has 0 fully saturated rings. The largest absolute Gasteiger partial charge is 0.482 e. The van der Waals surface area contributed by atoms with Crippen LogP contribution in [0.5, 0.6) is 5.75 Å². The van der Waals surface area contributed by atoms with Crippen LogP contribution in [0.4, 0.5) is 5.69 Å². The fraction of sp³-hybridized carbons (Fsp3) is 0.125. The van der Waals surface area contributed by atoms with Crippen LogP contribution in [-0.4, -0.2) is 15.1 Å². The zero-order valence-corrected chi connectivity index (χ0v) is 15.4. The second kappa shape index (κ2) is 8.39. The number of aromatic nitrogens is 2. The van der Waals surface area contributed by atoms with Crippen LogP contribution in [0, 0.1) is 10.1 Å². The summed E-state index contributed by atoms with van der Waals surface area (Å²) in [5, 5.41) is 19.8. The average molecular weight is 412 g/mol. The number of ether oxygens (including phenoxy) is 1. The molecule has 1 aromatic heterocycles. The minimum absolute atomic E-state index is 0.0440. The van der Waals surface area contributed by atoms with Crippen molar-refractivity contribution in [2.45, 2.75) is 17.6 Å². The number of benzene rings is 2. The van der Waals surface area contributed by atoms with E-state index in [2.05, 4.69) is 10.2 Å². The van der Waals surface area contributed by atoms with Gasteiger partial charge < -0.3 is 9.15 Å². The van der Waals surface area contributed by atoms with E-state index in [0.717, 1.165) is 5.56 Å². The molecule has 0 spiro atoms. The van der Waals surface area contributed by atoms with Crippen LogP contribution in [-0.2, 0) is 12.4 Å². The maximum absolute atomic E-state index is 10.8. The first-order valence-electron chi connectivity index (χ1n) is 7.27. The van der Waals surface area contributed by atoms with Crippen LogP contribution < -0.4 is 4.74 Å². The van der Waals surface area contributed by atoms with Gasteiger partial charge in [-0.15, -0.1) is 10.2 Å². The first-order chi connectivity index (χ1) is 12.5. The molecule has 2 aromatic carbocycles. The molecule has 0 saturated heterocycles. The highest BCUT2D eigenvalue weighted by atomic mass is 35.5. The molecule has 10 heteroatoms. The second-order valence-electron chi connectivity index (χ2n) is 5.04. The summed E-state index contributed by atoms with van der Waals surface area (Å²) in [5.74, 6) is 1.21. The molecule has 0 amide bonds. The molecule has 134 valence electrons. The number of nitrogens with zero attached hydrogens (tertiary/aromatic N) is 3. The Morgan fingerprint density at radius 3 is 2.81 bits per heavy atom. The van der Waals surface area contributed by atoms with Crippen LogP contribution in [0.2, 0.25) is 10.0 Å². The zero-order chi connectivity index (χ0) is 18.5. The van der Waals surface area contributed by atoms with Crippen molar-refractivity contribution in [1.82, 2.24) is 10.2 Å². The monoisotopic (exact) mass is 411 g/mol. The topological polar surface area (TPSA) is 91.3 Å². The Balaban J connectivity index is 1.56. The molecule has 0 atom stereocenters. The molecule has 0 radical (unpaired) electrons. The van der Waals surface area contributed by atoms with Crippen molar-refractivity contribution in [2.24, 2.45) is 0 Å². The number of hydrogen-bond acceptors (Lipinski definition) is 7. The third-order valence-corrected chi connectivity index (χ3v) is 4.60. The van der Waals surface area contributed by atoms with Gasteiger partial charge in [0.1, 0.15) is 5.75 Å². The second-order valence-corrected chi connectivity index (χ2v) is 6.81. The molecule has 0 saturated carbocycles. The van der Waals surface area contributed by atoms with Crippen LogP contribution in [0.25, 0.3) is 0 Å². The van der Waals surface area contributed by atoms with Crippen molar-refractivity contribution in [1.29, 1.82) is 0 Å². The van der Waals surface area contributed by atoms with Gasteiger partial charge in [-0.25, -0.2) is 0 Å². The smallest absolute Gasteiger partial charge is 0.277 e. The fourth-order valence-electron chi connectivity index (χ4n) is 1.99. The Hall–Kier alpha value is -2.29. The number of nitro groups is 1. The predicted molar refractivity (Wildman–Crippen MR) is 97.7 cm³/mol. The summed E-state index contributed by atoms with van der Waals surface area (Å²) in [6.07, 6.45) is 0. The molecule has 3 aromatic rings. The summed E-state index contributed by atoms with van der Waals surface area (Å²) in [4.78, 5) is 10.4. The van der Waals surface area contributed by atoms with Crippen molar-refractivity contribution in [3.8, 4) is 5.75 Å². The molecule has 7 nitrogen and oxygen atoms in total. The van der Waals surface area contributed by atoms with Gasteiger partial charge in [-0.05, 0) is 23.8 Å². The van der Waals surface area contributed by atoms with Gasteiger partial charge in [-0.2, -0.15) is 0 Å². The first kappa shape index (κ1) is 18.5. The Bertz CT molecular complexity index is 935. The molecule has 0 aliphatic carbocycles. The number of rotatable bonds is 7. The molecule has 0 bridgehead atoms. The van der Waals surface area contributed by atoms with E-state index in [1.807, 2.05) is 0 Å². The molecule has 3 rings (SSSR count). The lowest BCUT2D eigenvalue weighted by Crippen LogP contribution is -1.96. The molecule has 26 heavy (non-hydrogen) atoms. The maximum atomic E-state index is 10.8. The van der Waals surface area contributed by atoms with Crippen molar-refractivity contribution in [3.63, 3.8) is 0 Å². The lowest BCUT2D eigenvalue weighted by molar-refractivity contribution is -0.384. The van der Waals surface area contributed by atoms with Gasteiger partial charge >= 0.3 is 0 Å². The highest BCUT2D eigenvalue weighted by molar-refractivity contribution is 7.98. The summed E-state index contributed by atoms with van der Waals surface area (Å²) in [7, 11) is 0. The Kier molecular flexibility index (Phi) is 5.97. The minimum atomic E-state index is -0.432. The standard InChI is InChI=1S/C16H11Cl2N3O4S/c17-11-4-5-14(13(18)7-11)24-8-15-19-20-16(25-15)26-9-10-2-1-3-12(6-10)21(22)23/h1-7H,8-9H2. The van der Waals surface area contributed by atoms with Gasteiger partial charge in [-0.3, -0.25) is 10.1 Å². The number of hydrogen-bond donors (Lipinski definition) is 0. The van der Waals surface area contributed by atoms with Crippen molar-refractivity contribution >= 4 is 40.7 Å². The maximum Gasteiger partial charge on any atom is 0.277 e. The summed E-state index contributed by atoms with van der Waals surface area (Å²) >= 11 is 13.1. The highest BCUT2D eigenvalue weighted by Gasteiger charge is 2.11. The molecular weight excluding hydrogens is 401 g/mol. The van der Waals surface area contributed by atoms with E-state index in [9.17, 15) is 10.1 Å². The summed E-state index contributed by atoms with van der Waals surface area (Å²) in [6, 6.07) is 11.3. The number of nitro benzene ring substituents is 1. The normalized spacial score (nSPS) is 10.7. The summed E-state index contributed by atoms with van der Waals surface area (Å²) in [6.45, 7) is 0.0612. The Labute approximate surface area is 162 Å². The number of non-ortho nitro benzene ring substituents is 1. The Morgan fingerprint density at radius 2 is 2.04 bits per heavy atom. The van der Waals surface area contributed by atoms with Gasteiger partial charge in [0, 0.05) is 22.9 Å². The van der Waals surface area contributed by atoms with E-state index in [1.165, 1.54) is 23.9 Å². The van der Waals surface area contributed by atoms with Crippen LogP contribution in [0.15, 0.2) is 52.1 Å². The predicted octanol–water partition coefficient (Wildman–Crippen LogP) is 5.16. The lowest BCUT2D eigenvalue weighted by Gasteiger charge is -2.05. The van der Waals surface area contributed by atoms with Gasteiger partial charge in [0.15, 0.2) is 6.61 Å². The minimum Gasteiger partial charge on any atom is -0.482 e. The molecule has 0 unspecified atom stereocenters. The van der Waals surface area contributed by atoms with E-state index in [4.69, 9.17) is 32.4 Å². The molecule has 0 N–H and O–H groups in total. The number of halogens is 2. The average Bonchev–Trinajstić information content (AvgIpc) is 3.07. The van der Waals surface area contributed by atoms with Crippen LogP contribution in [0.3, 0.4) is 0 Å². The zero-order valence-electron chi connectivity index (χ0n) is 13.1. The van der Waals surface area contributed by atoms with Gasteiger partial charge in [-0.1, -0.05) is 47.1 Å². The van der Waals surface area contributed by atoms with E-state index in [-0.39, 0.29) is 18.2 Å². The quantitative estimate of drug-likeness (QED) is 0.301. The van der Waals surface area contributed by atoms with Crippen LogP contribution >= 0.6 is 35.0 Å². The van der Waals surface area contributed by atoms with Gasteiger partial charge in [0.05, 0.1) is 9.95 Å². The van der Waals surface area contributed by atoms with E-state index in [0.29, 0.717) is 26.8 Å². The summed E-state index contributed by atoms with van der Waals surface area (Å²) < 4.78 is 11.0. The van der Waals surface area contributed by atoms with E-state index >= 15 is 0 Å². The molecule has 1 heterocycles. The van der Waals surface area contributed by atoms with Crippen LogP contribution in [0.1, 0.15) is 11.5 Å². The SMILES string of the molecule is O=[N+]([O-])c1cccc(CSc2nnc(COc3ccc(Cl)cc3Cl)o2)c1. The van der Waals surface area contributed by atoms with Gasteiger partial charge in [0.2, 0.25) is 0 Å². The van der Waals surface area contributed by atoms with E-state index in [1.54, 1.807) is 30.3 Å². The molecule has 0 aliphatic rings. The van der Waals surface area contributed by atoms with Gasteiger partial charge in [0.25, 0.3) is 16.8 Å². The summed E-state index contributed by atoms with van der Waals surface area (Å²) in [5.41, 5.74) is 0.829. The highest BCUT2D eigenvalue weighted by Crippen LogP contribution is 2.28. The lowest BCUT2D eigenvalue weighted by atomic mass is 10.2.